The molecule has 4 aromatic rings. The lowest BCUT2D eigenvalue weighted by Gasteiger charge is -2.16. The summed E-state index contributed by atoms with van der Waals surface area (Å²) in [7, 11) is 0. The van der Waals surface area contributed by atoms with E-state index in [2.05, 4.69) is 20.6 Å². The third-order valence-electron chi connectivity index (χ3n) is 4.71. The second kappa shape index (κ2) is 7.06. The third kappa shape index (κ3) is 3.10. The molecule has 0 aliphatic carbocycles. The fourth-order valence-electron chi connectivity index (χ4n) is 3.18. The average Bonchev–Trinajstić information content (AvgIpc) is 2.71. The molecule has 0 saturated heterocycles. The smallest absolute Gasteiger partial charge is 0.267 e. The van der Waals surface area contributed by atoms with Crippen LogP contribution in [0.5, 0.6) is 0 Å². The highest BCUT2D eigenvalue weighted by atomic mass is 16.1. The van der Waals surface area contributed by atoms with E-state index in [0.717, 1.165) is 0 Å². The van der Waals surface area contributed by atoms with Crippen molar-refractivity contribution in [3.05, 3.63) is 69.2 Å². The number of aryl methyl sites for hydroxylation is 1. The molecule has 0 radical (unpaired) electrons. The average molecular weight is 362 g/mol. The number of aromatic nitrogens is 6. The molecule has 0 fully saturated rings. The minimum atomic E-state index is -0.188. The van der Waals surface area contributed by atoms with Crippen LogP contribution in [-0.2, 0) is 6.54 Å². The van der Waals surface area contributed by atoms with Gasteiger partial charge in [-0.2, -0.15) is 0 Å². The van der Waals surface area contributed by atoms with Gasteiger partial charge in [0.2, 0.25) is 0 Å². The molecule has 8 heteroatoms. The molecule has 2 aromatic carbocycles. The molecule has 2 heterocycles. The topological polar surface area (TPSA) is 95.6 Å². The van der Waals surface area contributed by atoms with Crippen LogP contribution in [0.1, 0.15) is 25.8 Å². The lowest BCUT2D eigenvalue weighted by molar-refractivity contribution is 0.350. The van der Waals surface area contributed by atoms with E-state index in [9.17, 15) is 9.59 Å². The van der Waals surface area contributed by atoms with Gasteiger partial charge in [0, 0.05) is 6.54 Å². The Labute approximate surface area is 154 Å². The fraction of sp³-hybridized carbons (Fsp3) is 0.263. The van der Waals surface area contributed by atoms with E-state index < -0.39 is 0 Å². The van der Waals surface area contributed by atoms with Gasteiger partial charge >= 0.3 is 0 Å². The molecule has 0 saturated carbocycles. The largest absolute Gasteiger partial charge is 0.277 e. The number of nitrogens with zero attached hydrogens (tertiary/aromatic N) is 6. The summed E-state index contributed by atoms with van der Waals surface area (Å²) in [5.74, 6) is 0. The van der Waals surface area contributed by atoms with Gasteiger partial charge in [-0.25, -0.2) is 9.36 Å². The van der Waals surface area contributed by atoms with Crippen molar-refractivity contribution in [2.75, 3.05) is 0 Å². The molecule has 2 aromatic heterocycles. The molecule has 0 spiro atoms. The van der Waals surface area contributed by atoms with E-state index in [4.69, 9.17) is 0 Å². The van der Waals surface area contributed by atoms with Crippen molar-refractivity contribution < 1.29 is 0 Å². The molecule has 8 nitrogen and oxygen atoms in total. The van der Waals surface area contributed by atoms with Gasteiger partial charge in [0.05, 0.1) is 16.8 Å². The van der Waals surface area contributed by atoms with Crippen LogP contribution < -0.4 is 11.1 Å². The monoisotopic (exact) mass is 362 g/mol. The Bertz CT molecular complexity index is 1230. The van der Waals surface area contributed by atoms with Crippen LogP contribution in [0.4, 0.5) is 0 Å². The van der Waals surface area contributed by atoms with Gasteiger partial charge < -0.3 is 0 Å². The quantitative estimate of drug-likeness (QED) is 0.538. The van der Waals surface area contributed by atoms with E-state index in [1.54, 1.807) is 36.4 Å². The van der Waals surface area contributed by atoms with Gasteiger partial charge in [0.1, 0.15) is 11.0 Å². The molecule has 27 heavy (non-hydrogen) atoms. The molecule has 0 aliphatic heterocycles. The van der Waals surface area contributed by atoms with Gasteiger partial charge in [-0.15, -0.1) is 10.2 Å². The fourth-order valence-corrected chi connectivity index (χ4v) is 3.18. The molecule has 4 rings (SSSR count). The summed E-state index contributed by atoms with van der Waals surface area (Å²) in [6, 6.07) is 14.1. The predicted octanol–water partition coefficient (Wildman–Crippen LogP) is 1.94. The highest BCUT2D eigenvalue weighted by molar-refractivity contribution is 5.77. The summed E-state index contributed by atoms with van der Waals surface area (Å²) in [5, 5.41) is 17.4. The standard InChI is InChI=1S/C19H18N6O2/c1-2-13(25-19(27)15-8-4-6-10-17(15)21-23-25)11-12-24-18(26)14-7-3-5-9-16(14)20-22-24/h3-10,13H,2,11-12H2,1H3. The van der Waals surface area contributed by atoms with E-state index >= 15 is 0 Å². The van der Waals surface area contributed by atoms with Crippen molar-refractivity contribution >= 4 is 21.8 Å². The summed E-state index contributed by atoms with van der Waals surface area (Å²) < 4.78 is 2.74. The molecular formula is C19H18N6O2. The van der Waals surface area contributed by atoms with Crippen molar-refractivity contribution in [2.45, 2.75) is 32.4 Å². The molecule has 0 N–H and O–H groups in total. The van der Waals surface area contributed by atoms with Crippen molar-refractivity contribution in [2.24, 2.45) is 0 Å². The summed E-state index contributed by atoms with van der Waals surface area (Å²) >= 11 is 0. The van der Waals surface area contributed by atoms with Crippen molar-refractivity contribution in [1.82, 2.24) is 30.0 Å². The maximum atomic E-state index is 12.7. The van der Waals surface area contributed by atoms with Gasteiger partial charge in [-0.05, 0) is 37.1 Å². The normalized spacial score (nSPS) is 12.5. The highest BCUT2D eigenvalue weighted by Gasteiger charge is 2.16. The SMILES string of the molecule is CCC(CCn1nnc2ccccc2c1=O)n1nnc2ccccc2c1=O. The maximum absolute atomic E-state index is 12.7. The van der Waals surface area contributed by atoms with E-state index in [0.29, 0.717) is 41.2 Å². The third-order valence-corrected chi connectivity index (χ3v) is 4.71. The van der Waals surface area contributed by atoms with Crippen LogP contribution >= 0.6 is 0 Å². The van der Waals surface area contributed by atoms with Crippen molar-refractivity contribution in [3.63, 3.8) is 0 Å². The van der Waals surface area contributed by atoms with Gasteiger partial charge in [0.25, 0.3) is 11.1 Å². The Hall–Kier alpha value is -3.42. The molecule has 0 amide bonds. The Balaban J connectivity index is 1.64. The second-order valence-corrected chi connectivity index (χ2v) is 6.34. The zero-order valence-corrected chi connectivity index (χ0v) is 14.8. The Morgan fingerprint density at radius 2 is 1.44 bits per heavy atom. The second-order valence-electron chi connectivity index (χ2n) is 6.34. The predicted molar refractivity (Wildman–Crippen MR) is 102 cm³/mol. The van der Waals surface area contributed by atoms with Gasteiger partial charge in [-0.1, -0.05) is 41.6 Å². The summed E-state index contributed by atoms with van der Waals surface area (Å²) in [6.07, 6.45) is 1.21. The number of benzene rings is 2. The van der Waals surface area contributed by atoms with Crippen molar-refractivity contribution in [1.29, 1.82) is 0 Å². The molecule has 0 bridgehead atoms. The minimum Gasteiger partial charge on any atom is -0.267 e. The lowest BCUT2D eigenvalue weighted by Crippen LogP contribution is -2.31. The molecule has 0 aliphatic rings. The summed E-state index contributed by atoms with van der Waals surface area (Å²) in [5.41, 5.74) is 0.782. The molecule has 1 unspecified atom stereocenters. The number of hydrogen-bond acceptors (Lipinski definition) is 6. The van der Waals surface area contributed by atoms with Crippen molar-refractivity contribution in [3.8, 4) is 0 Å². The Kier molecular flexibility index (Phi) is 4.45. The van der Waals surface area contributed by atoms with Gasteiger partial charge in [0.15, 0.2) is 0 Å². The molecular weight excluding hydrogens is 344 g/mol. The van der Waals surface area contributed by atoms with Crippen LogP contribution in [0.25, 0.3) is 21.8 Å². The number of hydrogen-bond donors (Lipinski definition) is 0. The first kappa shape index (κ1) is 17.0. The van der Waals surface area contributed by atoms with E-state index in [1.165, 1.54) is 9.36 Å². The lowest BCUT2D eigenvalue weighted by atomic mass is 10.1. The maximum Gasteiger partial charge on any atom is 0.277 e. The van der Waals surface area contributed by atoms with Gasteiger partial charge in [-0.3, -0.25) is 9.59 Å². The van der Waals surface area contributed by atoms with E-state index in [-0.39, 0.29) is 17.2 Å². The molecule has 136 valence electrons. The zero-order chi connectivity index (χ0) is 18.8. The minimum absolute atomic E-state index is 0.176. The first-order chi connectivity index (χ1) is 13.2. The Morgan fingerprint density at radius 1 is 0.852 bits per heavy atom. The van der Waals surface area contributed by atoms with Crippen LogP contribution in [0.2, 0.25) is 0 Å². The summed E-state index contributed by atoms with van der Waals surface area (Å²) in [6.45, 7) is 2.32. The first-order valence-corrected chi connectivity index (χ1v) is 8.86. The summed E-state index contributed by atoms with van der Waals surface area (Å²) in [4.78, 5) is 25.3. The number of rotatable bonds is 5. The van der Waals surface area contributed by atoms with Crippen LogP contribution in [0.3, 0.4) is 0 Å². The van der Waals surface area contributed by atoms with Crippen LogP contribution in [-0.4, -0.2) is 30.0 Å². The Morgan fingerprint density at radius 3 is 2.11 bits per heavy atom. The van der Waals surface area contributed by atoms with Crippen LogP contribution in [0.15, 0.2) is 58.1 Å². The highest BCUT2D eigenvalue weighted by Crippen LogP contribution is 2.14. The first-order valence-electron chi connectivity index (χ1n) is 8.86. The van der Waals surface area contributed by atoms with E-state index in [1.807, 2.05) is 19.1 Å². The zero-order valence-electron chi connectivity index (χ0n) is 14.8. The van der Waals surface area contributed by atoms with Crippen LogP contribution in [0, 0.1) is 0 Å². The number of fused-ring (bicyclic) bond motifs is 2. The molecule has 1 atom stereocenters.